The lowest BCUT2D eigenvalue weighted by atomic mass is 9.89. The summed E-state index contributed by atoms with van der Waals surface area (Å²) >= 11 is 0. The van der Waals surface area contributed by atoms with Crippen molar-refractivity contribution in [3.63, 3.8) is 0 Å². The molecule has 0 unspecified atom stereocenters. The summed E-state index contributed by atoms with van der Waals surface area (Å²) in [5, 5.41) is 16.4. The number of carbonyl (C=O) groups excluding carboxylic acids is 4. The number of aliphatic hydroxyl groups is 2. The van der Waals surface area contributed by atoms with E-state index in [2.05, 4.69) is 88.3 Å². The molecule has 0 saturated carbocycles. The molecule has 0 aromatic heterocycles. The lowest BCUT2D eigenvalue weighted by molar-refractivity contribution is -0.140. The highest BCUT2D eigenvalue weighted by molar-refractivity contribution is 5.87. The zero-order valence-electron chi connectivity index (χ0n) is 34.0. The quantitative estimate of drug-likeness (QED) is 0.0521. The molecule has 0 aliphatic carbocycles. The molecule has 10 heteroatoms. The van der Waals surface area contributed by atoms with Crippen molar-refractivity contribution in [3.05, 3.63) is 104 Å². The highest BCUT2D eigenvalue weighted by Crippen LogP contribution is 2.22. The third-order valence-corrected chi connectivity index (χ3v) is 5.24. The first-order chi connectivity index (χ1) is 24.8. The van der Waals surface area contributed by atoms with Crippen LogP contribution in [0.4, 0.5) is 0 Å². The van der Waals surface area contributed by atoms with Crippen molar-refractivity contribution in [2.24, 2.45) is 5.41 Å². The Balaban J connectivity index is -0.000000174. The molecular formula is C43H70O10. The number of aliphatic hydroxyl groups excluding tert-OH is 2. The maximum atomic E-state index is 10.7. The van der Waals surface area contributed by atoms with E-state index in [1.807, 2.05) is 43.3 Å². The zero-order valence-corrected chi connectivity index (χ0v) is 34.0. The van der Waals surface area contributed by atoms with Crippen molar-refractivity contribution in [1.29, 1.82) is 0 Å². The number of allylic oxidation sites excluding steroid dienone is 1. The largest absolute Gasteiger partial charge is 0.463 e. The van der Waals surface area contributed by atoms with Crippen molar-refractivity contribution < 1.29 is 48.3 Å². The third kappa shape index (κ3) is 57.1. The molecule has 1 aromatic carbocycles. The minimum absolute atomic E-state index is 0.0461. The number of hydrogen-bond acceptors (Lipinski definition) is 10. The molecule has 0 fully saturated rings. The van der Waals surface area contributed by atoms with Gasteiger partial charge in [0.25, 0.3) is 0 Å². The van der Waals surface area contributed by atoms with Crippen molar-refractivity contribution >= 4 is 30.0 Å². The Kier molecular flexibility index (Phi) is 45.7. The predicted octanol–water partition coefficient (Wildman–Crippen LogP) is 8.95. The number of rotatable bonds is 17. The van der Waals surface area contributed by atoms with Gasteiger partial charge in [-0.1, -0.05) is 122 Å². The fraction of sp³-hybridized carbons (Fsp3) is 0.488. The number of benzene rings is 1. The molecule has 302 valence electrons. The predicted molar refractivity (Wildman–Crippen MR) is 218 cm³/mol. The third-order valence-electron chi connectivity index (χ3n) is 5.24. The van der Waals surface area contributed by atoms with Gasteiger partial charge in [-0.3, -0.25) is 0 Å². The summed E-state index contributed by atoms with van der Waals surface area (Å²) in [7, 11) is 0. The lowest BCUT2D eigenvalue weighted by Crippen LogP contribution is -2.08. The van der Waals surface area contributed by atoms with Gasteiger partial charge in [-0.05, 0) is 51.0 Å². The van der Waals surface area contributed by atoms with Crippen LogP contribution in [-0.4, -0.2) is 73.7 Å². The second-order valence-corrected chi connectivity index (χ2v) is 12.4. The van der Waals surface area contributed by atoms with E-state index in [0.29, 0.717) is 36.2 Å². The second-order valence-electron chi connectivity index (χ2n) is 12.4. The molecule has 0 spiro atoms. The van der Waals surface area contributed by atoms with E-state index in [0.717, 1.165) is 38.2 Å². The van der Waals surface area contributed by atoms with Gasteiger partial charge in [0.15, 0.2) is 0 Å². The molecule has 0 heterocycles. The highest BCUT2D eigenvalue weighted by atomic mass is 16.5. The molecule has 53 heavy (non-hydrogen) atoms. The van der Waals surface area contributed by atoms with Crippen molar-refractivity contribution in [3.8, 4) is 0 Å². The van der Waals surface area contributed by atoms with Crippen LogP contribution < -0.4 is 0 Å². The first-order valence-corrected chi connectivity index (χ1v) is 17.6. The standard InChI is InChI=1S/C8H14O2.C8H8.C8H16.C7H12O2.2C6H10O3/c1-4-5-6-10-8(9)7(2)3;1-2-8-6-4-3-5-7-8;1-7(2)6-8(3,4)5;1-3-5-6-9-7(8)4-2;1-5(2)6(8)9-4-3-7;1-2-6(8)9-5-3-4-7/h2,4-6H2,1,3H3;2-7H,1H2;1,6H2,2-5H3;4H,2-3,5-6H2,1H3;7H,1,3-4H2,2H3;2,7H,1,3-5H2. The molecule has 0 bridgehead atoms. The molecular weight excluding hydrogens is 676 g/mol. The van der Waals surface area contributed by atoms with Gasteiger partial charge in [0, 0.05) is 36.3 Å². The van der Waals surface area contributed by atoms with Crippen LogP contribution in [0.15, 0.2) is 98.7 Å². The SMILES string of the molecule is C=C(C)C(=O)OCCCC.C=C(C)C(=O)OCCO.C=C(C)CC(C)(C)C.C=CC(=O)OCCCC.C=CC(=O)OCCCO.C=Cc1ccccc1. The monoisotopic (exact) mass is 746 g/mol. The number of ether oxygens (including phenoxy) is 4. The number of unbranched alkanes of at least 4 members (excludes halogenated alkanes) is 2. The molecule has 0 amide bonds. The van der Waals surface area contributed by atoms with Crippen LogP contribution in [0.1, 0.15) is 99.5 Å². The smallest absolute Gasteiger partial charge is 0.333 e. The Morgan fingerprint density at radius 3 is 1.30 bits per heavy atom. The van der Waals surface area contributed by atoms with E-state index < -0.39 is 11.9 Å². The van der Waals surface area contributed by atoms with Gasteiger partial charge in [0.2, 0.25) is 0 Å². The van der Waals surface area contributed by atoms with Crippen LogP contribution in [0, 0.1) is 5.41 Å². The Morgan fingerprint density at radius 2 is 1.04 bits per heavy atom. The van der Waals surface area contributed by atoms with E-state index in [-0.39, 0.29) is 38.4 Å². The lowest BCUT2D eigenvalue weighted by Gasteiger charge is -2.17. The van der Waals surface area contributed by atoms with Gasteiger partial charge in [0.05, 0.1) is 26.4 Å². The van der Waals surface area contributed by atoms with Gasteiger partial charge < -0.3 is 29.2 Å². The van der Waals surface area contributed by atoms with E-state index in [9.17, 15) is 19.2 Å². The number of hydrogen-bond donors (Lipinski definition) is 2. The molecule has 10 nitrogen and oxygen atoms in total. The van der Waals surface area contributed by atoms with E-state index in [1.54, 1.807) is 13.8 Å². The average Bonchev–Trinajstić information content (AvgIpc) is 3.11. The maximum absolute atomic E-state index is 10.7. The molecule has 1 aromatic rings. The highest BCUT2D eigenvalue weighted by Gasteiger charge is 2.08. The minimum Gasteiger partial charge on any atom is -0.463 e. The molecule has 0 atom stereocenters. The van der Waals surface area contributed by atoms with Gasteiger partial charge in [-0.15, -0.1) is 6.58 Å². The fourth-order valence-electron chi connectivity index (χ4n) is 2.86. The van der Waals surface area contributed by atoms with Crippen LogP contribution >= 0.6 is 0 Å². The van der Waals surface area contributed by atoms with Gasteiger partial charge >= 0.3 is 23.9 Å². The zero-order chi connectivity index (χ0) is 42.1. The Bertz CT molecular complexity index is 1130. The molecule has 1 rings (SSSR count). The Labute approximate surface area is 321 Å². The van der Waals surface area contributed by atoms with Crippen molar-refractivity contribution in [1.82, 2.24) is 0 Å². The van der Waals surface area contributed by atoms with E-state index in [4.69, 9.17) is 14.9 Å². The van der Waals surface area contributed by atoms with Crippen LogP contribution in [0.3, 0.4) is 0 Å². The second kappa shape index (κ2) is 41.9. The summed E-state index contributed by atoms with van der Waals surface area (Å²) in [4.78, 5) is 41.8. The van der Waals surface area contributed by atoms with Gasteiger partial charge in [-0.25, -0.2) is 19.2 Å². The molecule has 2 N–H and O–H groups in total. The first kappa shape index (κ1) is 57.8. The average molecular weight is 747 g/mol. The molecule has 0 radical (unpaired) electrons. The van der Waals surface area contributed by atoms with Crippen molar-refractivity contribution in [2.75, 3.05) is 39.6 Å². The minimum atomic E-state index is -0.455. The maximum Gasteiger partial charge on any atom is 0.333 e. The summed E-state index contributed by atoms with van der Waals surface area (Å²) < 4.78 is 18.5. The number of carbonyl (C=O) groups is 4. The summed E-state index contributed by atoms with van der Waals surface area (Å²) in [5.74, 6) is -1.51. The van der Waals surface area contributed by atoms with Gasteiger partial charge in [0.1, 0.15) is 6.61 Å². The van der Waals surface area contributed by atoms with Crippen LogP contribution in [0.2, 0.25) is 0 Å². The Morgan fingerprint density at radius 1 is 0.642 bits per heavy atom. The van der Waals surface area contributed by atoms with Gasteiger partial charge in [-0.2, -0.15) is 0 Å². The fourth-order valence-corrected chi connectivity index (χ4v) is 2.86. The van der Waals surface area contributed by atoms with Crippen LogP contribution in [0.25, 0.3) is 6.08 Å². The van der Waals surface area contributed by atoms with E-state index in [1.165, 1.54) is 17.2 Å². The summed E-state index contributed by atoms with van der Waals surface area (Å²) in [6.45, 7) is 38.0. The van der Waals surface area contributed by atoms with Crippen LogP contribution in [0.5, 0.6) is 0 Å². The Hall–Kier alpha value is -4.54. The molecule has 0 saturated heterocycles. The summed E-state index contributed by atoms with van der Waals surface area (Å²) in [6.07, 6.45) is 9.67. The number of esters is 4. The summed E-state index contributed by atoms with van der Waals surface area (Å²) in [6, 6.07) is 10.0. The molecule has 0 aliphatic rings. The van der Waals surface area contributed by atoms with E-state index >= 15 is 0 Å². The van der Waals surface area contributed by atoms with Crippen molar-refractivity contribution in [2.45, 2.75) is 93.9 Å². The normalized spacial score (nSPS) is 9.09. The first-order valence-electron chi connectivity index (χ1n) is 17.6. The molecule has 0 aliphatic heterocycles. The summed E-state index contributed by atoms with van der Waals surface area (Å²) in [5.41, 5.74) is 3.69. The van der Waals surface area contributed by atoms with Crippen LogP contribution in [-0.2, 0) is 38.1 Å². The topological polar surface area (TPSA) is 146 Å².